The fourth-order valence-corrected chi connectivity index (χ4v) is 1.46. The number of amides is 1. The second kappa shape index (κ2) is 4.74. The summed E-state index contributed by atoms with van der Waals surface area (Å²) >= 11 is 0. The molecule has 7 heteroatoms. The van der Waals surface area contributed by atoms with E-state index in [0.29, 0.717) is 11.4 Å². The molecule has 1 aromatic heterocycles. The smallest absolute Gasteiger partial charge is 0.293 e. The third-order valence-corrected chi connectivity index (χ3v) is 2.32. The molecule has 1 amide bonds. The first-order valence-electron chi connectivity index (χ1n) is 5.24. The number of aryl methyl sites for hydroxylation is 1. The molecule has 1 heterocycles. The number of nitrogens with one attached hydrogen (secondary N) is 2. The third kappa shape index (κ3) is 2.40. The van der Waals surface area contributed by atoms with Crippen LogP contribution >= 0.6 is 0 Å². The van der Waals surface area contributed by atoms with Gasteiger partial charge in [0.1, 0.15) is 5.75 Å². The van der Waals surface area contributed by atoms with E-state index in [9.17, 15) is 4.79 Å². The molecule has 2 rings (SSSR count). The number of hydrogen-bond acceptors (Lipinski definition) is 5. The number of nitrogen functional groups attached to an aromatic ring is 1. The summed E-state index contributed by atoms with van der Waals surface area (Å²) in [4.78, 5) is 15.6. The number of anilines is 2. The fraction of sp³-hybridized carbons (Fsp3) is 0.182. The number of carbonyl (C=O) groups is 1. The molecular weight excluding hydrogens is 234 g/mol. The standard InChI is InChI=1S/C11H13N5O2/c1-6-3-4-7(8(5-6)18-2)13-10(17)9-14-11(12)16-15-9/h3-5H,1-2H3,(H,13,17)(H3,12,14,15,16). The quantitative estimate of drug-likeness (QED) is 0.748. The number of benzene rings is 1. The summed E-state index contributed by atoms with van der Waals surface area (Å²) in [5, 5.41) is 8.69. The molecule has 2 aromatic rings. The molecule has 0 saturated heterocycles. The number of H-pyrrole nitrogens is 1. The maximum atomic E-state index is 11.8. The molecule has 0 aliphatic carbocycles. The average molecular weight is 247 g/mol. The van der Waals surface area contributed by atoms with Crippen molar-refractivity contribution in [1.29, 1.82) is 0 Å². The van der Waals surface area contributed by atoms with Crippen molar-refractivity contribution >= 4 is 17.5 Å². The van der Waals surface area contributed by atoms with E-state index in [0.717, 1.165) is 5.56 Å². The Morgan fingerprint density at radius 1 is 1.50 bits per heavy atom. The van der Waals surface area contributed by atoms with Gasteiger partial charge in [0.25, 0.3) is 5.91 Å². The molecule has 94 valence electrons. The lowest BCUT2D eigenvalue weighted by molar-refractivity contribution is 0.101. The summed E-state index contributed by atoms with van der Waals surface area (Å²) in [6, 6.07) is 5.45. The Hall–Kier alpha value is -2.57. The SMILES string of the molecule is COc1cc(C)ccc1NC(=O)c1nc(N)n[nH]1. The monoisotopic (exact) mass is 247 g/mol. The predicted octanol–water partition coefficient (Wildman–Crippen LogP) is 0.956. The Balaban J connectivity index is 2.21. The van der Waals surface area contributed by atoms with Gasteiger partial charge >= 0.3 is 0 Å². The highest BCUT2D eigenvalue weighted by Gasteiger charge is 2.13. The van der Waals surface area contributed by atoms with Gasteiger partial charge in [0.05, 0.1) is 12.8 Å². The lowest BCUT2D eigenvalue weighted by atomic mass is 10.2. The van der Waals surface area contributed by atoms with Gasteiger partial charge in [-0.1, -0.05) is 6.07 Å². The Kier molecular flexibility index (Phi) is 3.13. The minimum Gasteiger partial charge on any atom is -0.495 e. The highest BCUT2D eigenvalue weighted by Crippen LogP contribution is 2.25. The van der Waals surface area contributed by atoms with Crippen molar-refractivity contribution in [2.75, 3.05) is 18.2 Å². The Labute approximate surface area is 103 Å². The topological polar surface area (TPSA) is 106 Å². The Morgan fingerprint density at radius 3 is 2.89 bits per heavy atom. The summed E-state index contributed by atoms with van der Waals surface area (Å²) in [5.74, 6) is 0.225. The molecule has 0 bridgehead atoms. The van der Waals surface area contributed by atoms with Crippen LogP contribution in [0.25, 0.3) is 0 Å². The van der Waals surface area contributed by atoms with E-state index in [-0.39, 0.29) is 11.8 Å². The predicted molar refractivity (Wildman–Crippen MR) is 66.5 cm³/mol. The number of aromatic nitrogens is 3. The van der Waals surface area contributed by atoms with Crippen molar-refractivity contribution in [2.24, 2.45) is 0 Å². The van der Waals surface area contributed by atoms with Gasteiger partial charge in [-0.25, -0.2) is 0 Å². The van der Waals surface area contributed by atoms with Gasteiger partial charge in [0.15, 0.2) is 0 Å². The zero-order valence-corrected chi connectivity index (χ0v) is 10.0. The largest absolute Gasteiger partial charge is 0.495 e. The number of aromatic amines is 1. The van der Waals surface area contributed by atoms with Gasteiger partial charge in [-0.15, -0.1) is 5.10 Å². The maximum absolute atomic E-state index is 11.8. The van der Waals surface area contributed by atoms with Crippen LogP contribution in [0.5, 0.6) is 5.75 Å². The number of methoxy groups -OCH3 is 1. The number of carbonyl (C=O) groups excluding carboxylic acids is 1. The minimum absolute atomic E-state index is 0.0241. The van der Waals surface area contributed by atoms with Crippen molar-refractivity contribution in [3.05, 3.63) is 29.6 Å². The molecule has 7 nitrogen and oxygen atoms in total. The lowest BCUT2D eigenvalue weighted by Crippen LogP contribution is -2.14. The molecule has 0 fully saturated rings. The van der Waals surface area contributed by atoms with Gasteiger partial charge in [-0.3, -0.25) is 9.89 Å². The molecule has 0 radical (unpaired) electrons. The summed E-state index contributed by atoms with van der Waals surface area (Å²) in [7, 11) is 1.54. The van der Waals surface area contributed by atoms with E-state index in [1.54, 1.807) is 6.07 Å². The zero-order valence-electron chi connectivity index (χ0n) is 10.0. The molecule has 0 atom stereocenters. The second-order valence-corrected chi connectivity index (χ2v) is 3.70. The molecule has 18 heavy (non-hydrogen) atoms. The van der Waals surface area contributed by atoms with Gasteiger partial charge in [-0.2, -0.15) is 4.98 Å². The third-order valence-electron chi connectivity index (χ3n) is 2.32. The van der Waals surface area contributed by atoms with Crippen LogP contribution in [0, 0.1) is 6.92 Å². The van der Waals surface area contributed by atoms with Crippen LogP contribution in [0.4, 0.5) is 11.6 Å². The van der Waals surface area contributed by atoms with Crippen LogP contribution in [0.3, 0.4) is 0 Å². The lowest BCUT2D eigenvalue weighted by Gasteiger charge is -2.09. The van der Waals surface area contributed by atoms with Crippen LogP contribution < -0.4 is 15.8 Å². The van der Waals surface area contributed by atoms with E-state index in [2.05, 4.69) is 20.5 Å². The molecule has 0 aliphatic rings. The van der Waals surface area contributed by atoms with Crippen LogP contribution in [0.15, 0.2) is 18.2 Å². The van der Waals surface area contributed by atoms with Crippen molar-refractivity contribution in [3.8, 4) is 5.75 Å². The Morgan fingerprint density at radius 2 is 2.28 bits per heavy atom. The first-order valence-corrected chi connectivity index (χ1v) is 5.24. The molecule has 0 saturated carbocycles. The first kappa shape index (κ1) is 11.9. The molecule has 0 spiro atoms. The van der Waals surface area contributed by atoms with Crippen LogP contribution in [-0.2, 0) is 0 Å². The number of ether oxygens (including phenoxy) is 1. The minimum atomic E-state index is -0.429. The Bertz CT molecular complexity index is 579. The zero-order chi connectivity index (χ0) is 13.1. The molecule has 0 aliphatic heterocycles. The van der Waals surface area contributed by atoms with Crippen LogP contribution in [0.1, 0.15) is 16.2 Å². The van der Waals surface area contributed by atoms with Crippen molar-refractivity contribution < 1.29 is 9.53 Å². The summed E-state index contributed by atoms with van der Waals surface area (Å²) in [6.45, 7) is 1.94. The highest BCUT2D eigenvalue weighted by molar-refractivity contribution is 6.02. The van der Waals surface area contributed by atoms with Gasteiger partial charge < -0.3 is 15.8 Å². The van der Waals surface area contributed by atoms with Crippen molar-refractivity contribution in [2.45, 2.75) is 6.92 Å². The van der Waals surface area contributed by atoms with Gasteiger partial charge in [0.2, 0.25) is 11.8 Å². The normalized spacial score (nSPS) is 10.1. The van der Waals surface area contributed by atoms with Crippen LogP contribution in [-0.4, -0.2) is 28.2 Å². The summed E-state index contributed by atoms with van der Waals surface area (Å²) in [6.07, 6.45) is 0. The van der Waals surface area contributed by atoms with Gasteiger partial charge in [0, 0.05) is 0 Å². The summed E-state index contributed by atoms with van der Waals surface area (Å²) in [5.41, 5.74) is 6.92. The van der Waals surface area contributed by atoms with Crippen molar-refractivity contribution in [3.63, 3.8) is 0 Å². The number of rotatable bonds is 3. The van der Waals surface area contributed by atoms with E-state index in [1.807, 2.05) is 19.1 Å². The van der Waals surface area contributed by atoms with Gasteiger partial charge in [-0.05, 0) is 24.6 Å². The second-order valence-electron chi connectivity index (χ2n) is 3.70. The average Bonchev–Trinajstić information content (AvgIpc) is 2.78. The maximum Gasteiger partial charge on any atom is 0.293 e. The highest BCUT2D eigenvalue weighted by atomic mass is 16.5. The van der Waals surface area contributed by atoms with E-state index in [4.69, 9.17) is 10.5 Å². The number of nitrogens with two attached hydrogens (primary N) is 1. The van der Waals surface area contributed by atoms with Crippen molar-refractivity contribution in [1.82, 2.24) is 15.2 Å². The summed E-state index contributed by atoms with van der Waals surface area (Å²) < 4.78 is 5.18. The van der Waals surface area contributed by atoms with E-state index < -0.39 is 5.91 Å². The first-order chi connectivity index (χ1) is 8.60. The molecule has 1 aromatic carbocycles. The molecule has 4 N–H and O–H groups in total. The van der Waals surface area contributed by atoms with E-state index >= 15 is 0 Å². The molecular formula is C11H13N5O2. The fourth-order valence-electron chi connectivity index (χ4n) is 1.46. The number of hydrogen-bond donors (Lipinski definition) is 3. The van der Waals surface area contributed by atoms with E-state index in [1.165, 1.54) is 7.11 Å². The number of nitrogens with zero attached hydrogens (tertiary/aromatic N) is 2. The van der Waals surface area contributed by atoms with Crippen LogP contribution in [0.2, 0.25) is 0 Å². The molecule has 0 unspecified atom stereocenters.